The molecule has 2 aliphatic heterocycles. The zero-order chi connectivity index (χ0) is 26.6. The molecule has 196 valence electrons. The van der Waals surface area contributed by atoms with Gasteiger partial charge >= 0.3 is 6.03 Å². The summed E-state index contributed by atoms with van der Waals surface area (Å²) in [6.07, 6.45) is 8.33. The minimum Gasteiger partial charge on any atom is -0.382 e. The molecule has 2 saturated heterocycles. The lowest BCUT2D eigenvalue weighted by atomic mass is 9.87. The Labute approximate surface area is 220 Å². The summed E-state index contributed by atoms with van der Waals surface area (Å²) < 4.78 is 27.1. The van der Waals surface area contributed by atoms with Crippen LogP contribution in [-0.4, -0.2) is 57.3 Å². The van der Waals surface area contributed by atoms with E-state index >= 15 is 0 Å². The summed E-state index contributed by atoms with van der Waals surface area (Å²) in [5.74, 6) is 0.210. The lowest BCUT2D eigenvalue weighted by Gasteiger charge is -2.38. The van der Waals surface area contributed by atoms with E-state index in [1.54, 1.807) is 17.3 Å². The van der Waals surface area contributed by atoms with E-state index in [1.807, 2.05) is 42.5 Å². The molecule has 2 amide bonds. The molecule has 2 aliphatic rings. The van der Waals surface area contributed by atoms with Gasteiger partial charge in [0.25, 0.3) is 0 Å². The van der Waals surface area contributed by atoms with Crippen molar-refractivity contribution in [3.05, 3.63) is 60.6 Å². The standard InChI is InChI=1S/C27H29N7O3S/c1-38(36,37)24-23(13-16-11-19-8-9-20(12-16)33(19)27(29)35)32-26-21(15-31-34(26)25(24)28)18-7-10-22(30-14-18)17-5-3-2-4-6-17/h2-7,10,14-16,19-20H,8-9,11-13,28H2,1H3,(H2,29,35). The number of benzene rings is 1. The number of piperidine rings is 1. The smallest absolute Gasteiger partial charge is 0.315 e. The van der Waals surface area contributed by atoms with Gasteiger partial charge in [0.05, 0.1) is 17.6 Å². The van der Waals surface area contributed by atoms with Gasteiger partial charge < -0.3 is 16.4 Å². The van der Waals surface area contributed by atoms with Crippen LogP contribution in [0, 0.1) is 5.92 Å². The molecule has 2 unspecified atom stereocenters. The molecule has 1 aromatic carbocycles. The zero-order valence-electron chi connectivity index (χ0n) is 21.0. The van der Waals surface area contributed by atoms with E-state index in [1.165, 1.54) is 4.52 Å². The van der Waals surface area contributed by atoms with Crippen molar-refractivity contribution in [2.45, 2.75) is 49.1 Å². The van der Waals surface area contributed by atoms with Crippen molar-refractivity contribution in [2.24, 2.45) is 11.7 Å². The summed E-state index contributed by atoms with van der Waals surface area (Å²) in [4.78, 5) is 23.2. The Kier molecular flexibility index (Phi) is 5.82. The first-order valence-electron chi connectivity index (χ1n) is 12.7. The minimum atomic E-state index is -3.68. The number of amides is 2. The highest BCUT2D eigenvalue weighted by Crippen LogP contribution is 2.41. The molecular formula is C27H29N7O3S. The van der Waals surface area contributed by atoms with Crippen molar-refractivity contribution >= 4 is 27.3 Å². The molecule has 0 saturated carbocycles. The number of nitrogens with two attached hydrogens (primary N) is 2. The Morgan fingerprint density at radius 2 is 1.74 bits per heavy atom. The van der Waals surface area contributed by atoms with E-state index in [-0.39, 0.29) is 34.7 Å². The van der Waals surface area contributed by atoms with Crippen LogP contribution in [0.1, 0.15) is 31.4 Å². The zero-order valence-corrected chi connectivity index (χ0v) is 21.8. The van der Waals surface area contributed by atoms with Crippen LogP contribution in [0.15, 0.2) is 59.8 Å². The number of nitrogens with zero attached hydrogens (tertiary/aromatic N) is 5. The number of carbonyl (C=O) groups is 1. The third-order valence-corrected chi connectivity index (χ3v) is 8.98. The second-order valence-corrected chi connectivity index (χ2v) is 12.3. The highest BCUT2D eigenvalue weighted by Gasteiger charge is 2.43. The van der Waals surface area contributed by atoms with Crippen molar-refractivity contribution in [3.63, 3.8) is 0 Å². The maximum atomic E-state index is 12.9. The number of anilines is 1. The molecule has 3 aromatic heterocycles. The number of aromatic nitrogens is 4. The number of pyridine rings is 1. The molecule has 0 aliphatic carbocycles. The Bertz CT molecular complexity index is 1620. The predicted molar refractivity (Wildman–Crippen MR) is 144 cm³/mol. The molecule has 0 spiro atoms. The maximum Gasteiger partial charge on any atom is 0.315 e. The molecular weight excluding hydrogens is 502 g/mol. The Morgan fingerprint density at radius 3 is 2.34 bits per heavy atom. The van der Waals surface area contributed by atoms with Crippen LogP contribution < -0.4 is 11.5 Å². The Morgan fingerprint density at radius 1 is 1.03 bits per heavy atom. The lowest BCUT2D eigenvalue weighted by molar-refractivity contribution is 0.127. The number of fused-ring (bicyclic) bond motifs is 3. The summed E-state index contributed by atoms with van der Waals surface area (Å²) >= 11 is 0. The van der Waals surface area contributed by atoms with Crippen LogP contribution in [0.5, 0.6) is 0 Å². The quantitative estimate of drug-likeness (QED) is 0.401. The van der Waals surface area contributed by atoms with Gasteiger partial charge in [-0.25, -0.2) is 18.2 Å². The summed E-state index contributed by atoms with van der Waals surface area (Å²) in [6.45, 7) is 0. The molecule has 2 bridgehead atoms. The van der Waals surface area contributed by atoms with Crippen LogP contribution in [0.3, 0.4) is 0 Å². The van der Waals surface area contributed by atoms with Crippen molar-refractivity contribution in [3.8, 4) is 22.4 Å². The molecule has 11 heteroatoms. The number of sulfone groups is 1. The first-order chi connectivity index (χ1) is 18.2. The molecule has 4 N–H and O–H groups in total. The van der Waals surface area contributed by atoms with Crippen LogP contribution in [0.2, 0.25) is 0 Å². The van der Waals surface area contributed by atoms with Crippen molar-refractivity contribution < 1.29 is 13.2 Å². The fourth-order valence-corrected chi connectivity index (χ4v) is 7.24. The van der Waals surface area contributed by atoms with E-state index in [0.717, 1.165) is 48.8 Å². The maximum absolute atomic E-state index is 12.9. The highest BCUT2D eigenvalue weighted by atomic mass is 32.2. The number of nitrogen functional groups attached to an aromatic ring is 1. The fourth-order valence-electron chi connectivity index (χ4n) is 6.22. The van der Waals surface area contributed by atoms with Crippen molar-refractivity contribution in [2.75, 3.05) is 12.0 Å². The predicted octanol–water partition coefficient (Wildman–Crippen LogP) is 3.31. The number of urea groups is 1. The van der Waals surface area contributed by atoms with Gasteiger partial charge in [-0.2, -0.15) is 9.61 Å². The topological polar surface area (TPSA) is 150 Å². The van der Waals surface area contributed by atoms with E-state index in [2.05, 4.69) is 10.1 Å². The number of carbonyl (C=O) groups excluding carboxylic acids is 1. The normalized spacial score (nSPS) is 21.2. The van der Waals surface area contributed by atoms with Gasteiger partial charge in [-0.15, -0.1) is 0 Å². The first-order valence-corrected chi connectivity index (χ1v) is 14.6. The van der Waals surface area contributed by atoms with Gasteiger partial charge in [-0.3, -0.25) is 4.98 Å². The number of rotatable bonds is 5. The molecule has 38 heavy (non-hydrogen) atoms. The lowest BCUT2D eigenvalue weighted by Crippen LogP contribution is -2.49. The minimum absolute atomic E-state index is 0.0156. The second kappa shape index (κ2) is 9.09. The second-order valence-electron chi connectivity index (χ2n) is 10.3. The average Bonchev–Trinajstić information content (AvgIpc) is 3.43. The third kappa shape index (κ3) is 4.16. The summed E-state index contributed by atoms with van der Waals surface area (Å²) in [6, 6.07) is 13.6. The summed E-state index contributed by atoms with van der Waals surface area (Å²) in [5.41, 5.74) is 16.3. The number of hydrogen-bond donors (Lipinski definition) is 2. The van der Waals surface area contributed by atoms with E-state index < -0.39 is 9.84 Å². The number of hydrogen-bond acceptors (Lipinski definition) is 7. The van der Waals surface area contributed by atoms with Gasteiger partial charge in [0, 0.05) is 41.2 Å². The molecule has 2 atom stereocenters. The van der Waals surface area contributed by atoms with Gasteiger partial charge in [-0.05, 0) is 44.1 Å². The average molecular weight is 532 g/mol. The van der Waals surface area contributed by atoms with Gasteiger partial charge in [0.1, 0.15) is 10.7 Å². The molecule has 4 aromatic rings. The molecule has 10 nitrogen and oxygen atoms in total. The van der Waals surface area contributed by atoms with Gasteiger partial charge in [0.2, 0.25) is 0 Å². The fraction of sp³-hybridized carbons (Fsp3) is 0.333. The van der Waals surface area contributed by atoms with Crippen molar-refractivity contribution in [1.29, 1.82) is 0 Å². The summed E-state index contributed by atoms with van der Waals surface area (Å²) in [7, 11) is -3.68. The number of primary amides is 1. The van der Waals surface area contributed by atoms with Crippen LogP contribution in [-0.2, 0) is 16.3 Å². The van der Waals surface area contributed by atoms with Crippen molar-refractivity contribution in [1.82, 2.24) is 24.5 Å². The molecule has 6 rings (SSSR count). The monoisotopic (exact) mass is 531 g/mol. The van der Waals surface area contributed by atoms with Crippen LogP contribution in [0.4, 0.5) is 10.6 Å². The third-order valence-electron chi connectivity index (χ3n) is 7.79. The van der Waals surface area contributed by atoms with Crippen LogP contribution >= 0.6 is 0 Å². The Hall–Kier alpha value is -3.99. The van der Waals surface area contributed by atoms with Gasteiger partial charge in [0.15, 0.2) is 15.5 Å². The van der Waals surface area contributed by atoms with E-state index in [9.17, 15) is 13.2 Å². The first kappa shape index (κ1) is 24.4. The van der Waals surface area contributed by atoms with E-state index in [4.69, 9.17) is 16.5 Å². The molecule has 2 fully saturated rings. The molecule has 0 radical (unpaired) electrons. The molecule has 5 heterocycles. The van der Waals surface area contributed by atoms with E-state index in [0.29, 0.717) is 23.3 Å². The summed E-state index contributed by atoms with van der Waals surface area (Å²) in [5, 5.41) is 4.38. The van der Waals surface area contributed by atoms with Gasteiger partial charge in [-0.1, -0.05) is 36.4 Å². The highest BCUT2D eigenvalue weighted by molar-refractivity contribution is 7.91. The Balaban J connectivity index is 1.38. The largest absolute Gasteiger partial charge is 0.382 e. The SMILES string of the molecule is CS(=O)(=O)c1c(CC2CC3CCC(C2)N3C(N)=O)nc2c(-c3ccc(-c4ccccc4)nc3)cnn2c1N. The van der Waals surface area contributed by atoms with Crippen LogP contribution in [0.25, 0.3) is 28.0 Å².